The fourth-order valence-corrected chi connectivity index (χ4v) is 3.09. The third kappa shape index (κ3) is 2.25. The summed E-state index contributed by atoms with van der Waals surface area (Å²) >= 11 is 1.85. The van der Waals surface area contributed by atoms with Gasteiger partial charge in [0.2, 0.25) is 0 Å². The predicted octanol–water partition coefficient (Wildman–Crippen LogP) is 1.96. The average molecular weight is 238 g/mol. The van der Waals surface area contributed by atoms with E-state index in [4.69, 9.17) is 5.73 Å². The van der Waals surface area contributed by atoms with Crippen molar-refractivity contribution in [2.24, 2.45) is 11.7 Å². The smallest absolute Gasteiger partial charge is 0.191 e. The van der Waals surface area contributed by atoms with Crippen molar-refractivity contribution in [3.05, 3.63) is 5.82 Å². The fraction of sp³-hybridized carbons (Fsp3) is 0.818. The van der Waals surface area contributed by atoms with E-state index in [-0.39, 0.29) is 0 Å². The summed E-state index contributed by atoms with van der Waals surface area (Å²) in [6.07, 6.45) is 6.73. The van der Waals surface area contributed by atoms with Crippen molar-refractivity contribution in [3.8, 4) is 0 Å². The second-order valence-electron chi connectivity index (χ2n) is 4.78. The first kappa shape index (κ1) is 10.6. The van der Waals surface area contributed by atoms with Crippen molar-refractivity contribution in [2.75, 3.05) is 5.75 Å². The van der Waals surface area contributed by atoms with Crippen molar-refractivity contribution in [2.45, 2.75) is 49.8 Å². The number of thioether (sulfide) groups is 1. The summed E-state index contributed by atoms with van der Waals surface area (Å²) in [6.45, 7) is 0.507. The van der Waals surface area contributed by atoms with E-state index in [9.17, 15) is 0 Å². The van der Waals surface area contributed by atoms with E-state index in [2.05, 4.69) is 14.8 Å². The van der Waals surface area contributed by atoms with Gasteiger partial charge in [-0.25, -0.2) is 0 Å². The van der Waals surface area contributed by atoms with Gasteiger partial charge in [-0.05, 0) is 25.2 Å². The molecule has 0 atom stereocenters. The maximum absolute atomic E-state index is 5.68. The van der Waals surface area contributed by atoms with Gasteiger partial charge in [-0.3, -0.25) is 0 Å². The molecule has 1 heterocycles. The van der Waals surface area contributed by atoms with E-state index < -0.39 is 0 Å². The van der Waals surface area contributed by atoms with Crippen molar-refractivity contribution >= 4 is 11.8 Å². The first-order chi connectivity index (χ1) is 7.88. The number of hydrogen-bond acceptors (Lipinski definition) is 4. The Bertz CT molecular complexity index is 368. The first-order valence-electron chi connectivity index (χ1n) is 6.15. The van der Waals surface area contributed by atoms with Crippen LogP contribution in [0.25, 0.3) is 0 Å². The molecule has 3 rings (SSSR count). The molecule has 88 valence electrons. The van der Waals surface area contributed by atoms with Crippen LogP contribution in [0.15, 0.2) is 5.16 Å². The Balaban J connectivity index is 1.64. The molecule has 0 aromatic carbocycles. The molecule has 16 heavy (non-hydrogen) atoms. The lowest BCUT2D eigenvalue weighted by Gasteiger charge is -2.06. The molecular formula is C11H18N4S. The summed E-state index contributed by atoms with van der Waals surface area (Å²) in [6, 6.07) is 0.636. The lowest BCUT2D eigenvalue weighted by atomic mass is 10.3. The van der Waals surface area contributed by atoms with Gasteiger partial charge in [0.15, 0.2) is 5.16 Å². The van der Waals surface area contributed by atoms with E-state index in [1.807, 2.05) is 11.8 Å². The molecule has 2 saturated carbocycles. The van der Waals surface area contributed by atoms with Crippen LogP contribution in [0, 0.1) is 5.92 Å². The molecule has 0 bridgehead atoms. The number of nitrogens with zero attached hydrogens (tertiary/aromatic N) is 3. The van der Waals surface area contributed by atoms with Crippen molar-refractivity contribution in [3.63, 3.8) is 0 Å². The quantitative estimate of drug-likeness (QED) is 0.770. The van der Waals surface area contributed by atoms with Crippen LogP contribution in [0.3, 0.4) is 0 Å². The highest BCUT2D eigenvalue weighted by molar-refractivity contribution is 7.99. The second kappa shape index (κ2) is 4.37. The molecule has 2 aliphatic rings. The normalized spacial score (nSPS) is 20.3. The molecule has 2 fully saturated rings. The van der Waals surface area contributed by atoms with Crippen LogP contribution >= 0.6 is 11.8 Å². The van der Waals surface area contributed by atoms with Crippen LogP contribution in [0.2, 0.25) is 0 Å². The Morgan fingerprint density at radius 2 is 2.06 bits per heavy atom. The molecule has 0 aliphatic heterocycles. The van der Waals surface area contributed by atoms with Gasteiger partial charge in [-0.2, -0.15) is 0 Å². The van der Waals surface area contributed by atoms with Crippen molar-refractivity contribution in [1.82, 2.24) is 14.8 Å². The number of rotatable bonds is 6. The molecule has 2 aliphatic carbocycles. The van der Waals surface area contributed by atoms with Gasteiger partial charge in [0.25, 0.3) is 0 Å². The lowest BCUT2D eigenvalue weighted by Crippen LogP contribution is -2.08. The summed E-state index contributed by atoms with van der Waals surface area (Å²) in [5.41, 5.74) is 5.68. The summed E-state index contributed by atoms with van der Waals surface area (Å²) in [5.74, 6) is 3.13. The van der Waals surface area contributed by atoms with E-state index in [1.54, 1.807) is 0 Å². The zero-order valence-electron chi connectivity index (χ0n) is 9.43. The van der Waals surface area contributed by atoms with Crippen LogP contribution in [-0.4, -0.2) is 20.5 Å². The highest BCUT2D eigenvalue weighted by Crippen LogP contribution is 2.39. The highest BCUT2D eigenvalue weighted by Gasteiger charge is 2.29. The van der Waals surface area contributed by atoms with Crippen molar-refractivity contribution in [1.29, 1.82) is 0 Å². The third-order valence-electron chi connectivity index (χ3n) is 3.28. The Labute approximate surface area is 100.0 Å². The average Bonchev–Trinajstić information content (AvgIpc) is 3.19. The van der Waals surface area contributed by atoms with Gasteiger partial charge in [-0.15, -0.1) is 10.2 Å². The first-order valence-corrected chi connectivity index (χ1v) is 7.13. The molecular weight excluding hydrogens is 220 g/mol. The lowest BCUT2D eigenvalue weighted by molar-refractivity contribution is 0.626. The maximum atomic E-state index is 5.68. The van der Waals surface area contributed by atoms with Crippen LogP contribution < -0.4 is 5.73 Å². The van der Waals surface area contributed by atoms with E-state index in [0.29, 0.717) is 12.6 Å². The van der Waals surface area contributed by atoms with Crippen LogP contribution in [0.5, 0.6) is 0 Å². The van der Waals surface area contributed by atoms with Gasteiger partial charge in [0.1, 0.15) is 5.82 Å². The highest BCUT2D eigenvalue weighted by atomic mass is 32.2. The molecule has 0 spiro atoms. The Morgan fingerprint density at radius 1 is 1.25 bits per heavy atom. The van der Waals surface area contributed by atoms with Crippen LogP contribution in [0.4, 0.5) is 0 Å². The number of nitrogens with two attached hydrogens (primary N) is 1. The van der Waals surface area contributed by atoms with E-state index >= 15 is 0 Å². The minimum absolute atomic E-state index is 0.507. The predicted molar refractivity (Wildman–Crippen MR) is 64.2 cm³/mol. The second-order valence-corrected chi connectivity index (χ2v) is 5.85. The third-order valence-corrected chi connectivity index (χ3v) is 4.26. The molecule has 1 aromatic heterocycles. The number of aromatic nitrogens is 3. The largest absolute Gasteiger partial charge is 0.324 e. The molecule has 1 aromatic rings. The van der Waals surface area contributed by atoms with Gasteiger partial charge < -0.3 is 10.3 Å². The number of hydrogen-bond donors (Lipinski definition) is 1. The molecule has 2 N–H and O–H groups in total. The standard InChI is InChI=1S/C11H18N4S/c12-7-10-13-14-11(15(10)9-3-4-9)16-6-5-8-1-2-8/h8-9H,1-7,12H2. The summed E-state index contributed by atoms with van der Waals surface area (Å²) in [4.78, 5) is 0. The molecule has 4 nitrogen and oxygen atoms in total. The molecule has 0 saturated heterocycles. The van der Waals surface area contributed by atoms with Gasteiger partial charge in [-0.1, -0.05) is 24.6 Å². The van der Waals surface area contributed by atoms with Gasteiger partial charge >= 0.3 is 0 Å². The Kier molecular flexibility index (Phi) is 2.90. The minimum atomic E-state index is 0.507. The van der Waals surface area contributed by atoms with Gasteiger partial charge in [0, 0.05) is 11.8 Å². The van der Waals surface area contributed by atoms with Crippen LogP contribution in [-0.2, 0) is 6.54 Å². The molecule has 0 amide bonds. The van der Waals surface area contributed by atoms with Crippen LogP contribution in [0.1, 0.15) is 44.0 Å². The van der Waals surface area contributed by atoms with E-state index in [0.717, 1.165) is 16.9 Å². The Hall–Kier alpha value is -0.550. The molecule has 0 unspecified atom stereocenters. The fourth-order valence-electron chi connectivity index (χ4n) is 1.97. The maximum Gasteiger partial charge on any atom is 0.191 e. The van der Waals surface area contributed by atoms with E-state index in [1.165, 1.54) is 37.9 Å². The zero-order valence-corrected chi connectivity index (χ0v) is 10.2. The Morgan fingerprint density at radius 3 is 2.69 bits per heavy atom. The molecule has 5 heteroatoms. The molecule has 0 radical (unpaired) electrons. The SMILES string of the molecule is NCc1nnc(SCCC2CC2)n1C1CC1. The summed E-state index contributed by atoms with van der Waals surface area (Å²) in [5, 5.41) is 9.52. The monoisotopic (exact) mass is 238 g/mol. The zero-order chi connectivity index (χ0) is 11.0. The van der Waals surface area contributed by atoms with Gasteiger partial charge in [0.05, 0.1) is 6.54 Å². The summed E-state index contributed by atoms with van der Waals surface area (Å²) in [7, 11) is 0. The van der Waals surface area contributed by atoms with Crippen molar-refractivity contribution < 1.29 is 0 Å². The topological polar surface area (TPSA) is 56.7 Å². The summed E-state index contributed by atoms with van der Waals surface area (Å²) < 4.78 is 2.26. The minimum Gasteiger partial charge on any atom is -0.324 e.